The van der Waals surface area contributed by atoms with Crippen LogP contribution in [-0.4, -0.2) is 53.1 Å². The molecule has 222 valence electrons. The first-order valence-corrected chi connectivity index (χ1v) is 14.1. The molecule has 3 unspecified atom stereocenters. The molecule has 0 radical (unpaired) electrons. The van der Waals surface area contributed by atoms with Crippen LogP contribution in [0.25, 0.3) is 0 Å². The minimum Gasteiger partial charge on any atom is -0.460 e. The predicted molar refractivity (Wildman–Crippen MR) is 158 cm³/mol. The third-order valence-electron chi connectivity index (χ3n) is 6.05. The van der Waals surface area contributed by atoms with Crippen molar-refractivity contribution >= 4 is 0 Å². The lowest BCUT2D eigenvalue weighted by atomic mass is 10.2. The summed E-state index contributed by atoms with van der Waals surface area (Å²) in [6.45, 7) is 7.94. The Balaban J connectivity index is 1.31. The maximum absolute atomic E-state index is 5.90. The van der Waals surface area contributed by atoms with Gasteiger partial charge in [0.1, 0.15) is 19.8 Å². The zero-order chi connectivity index (χ0) is 29.4. The topological polar surface area (TPSA) is 94.1 Å². The number of hydrogen-bond donors (Lipinski definition) is 0. The van der Waals surface area contributed by atoms with Crippen LogP contribution in [0.5, 0.6) is 18.0 Å². The highest BCUT2D eigenvalue weighted by molar-refractivity contribution is 5.15. The summed E-state index contributed by atoms with van der Waals surface area (Å²) in [5, 5.41) is 0. The number of ether oxygens (including phenoxy) is 6. The third kappa shape index (κ3) is 11.4. The average molecular weight is 574 g/mol. The molecule has 0 saturated carbocycles. The van der Waals surface area contributed by atoms with Crippen molar-refractivity contribution in [2.75, 3.05) is 19.8 Å². The highest BCUT2D eigenvalue weighted by atomic mass is 16.6. The Bertz CT molecular complexity index is 1120. The summed E-state index contributed by atoms with van der Waals surface area (Å²) in [6.07, 6.45) is -0.601. The smallest absolute Gasteiger partial charge is 0.325 e. The Morgan fingerprint density at radius 1 is 0.429 bits per heavy atom. The number of rotatable bonds is 18. The molecule has 9 nitrogen and oxygen atoms in total. The summed E-state index contributed by atoms with van der Waals surface area (Å²) in [5.41, 5.74) is 3.26. The van der Waals surface area contributed by atoms with Gasteiger partial charge in [-0.1, -0.05) is 91.0 Å². The molecule has 42 heavy (non-hydrogen) atoms. The van der Waals surface area contributed by atoms with Crippen molar-refractivity contribution in [1.82, 2.24) is 15.0 Å². The van der Waals surface area contributed by atoms with Crippen LogP contribution >= 0.6 is 0 Å². The van der Waals surface area contributed by atoms with Crippen molar-refractivity contribution in [3.8, 4) is 18.0 Å². The van der Waals surface area contributed by atoms with E-state index in [1.54, 1.807) is 0 Å². The molecule has 0 N–H and O–H groups in total. The fourth-order valence-corrected chi connectivity index (χ4v) is 3.67. The van der Waals surface area contributed by atoms with Crippen LogP contribution in [0.3, 0.4) is 0 Å². The molecule has 1 aromatic heterocycles. The van der Waals surface area contributed by atoms with E-state index in [-0.39, 0.29) is 56.2 Å². The number of aromatic nitrogens is 3. The Morgan fingerprint density at radius 3 is 0.952 bits per heavy atom. The van der Waals surface area contributed by atoms with Crippen molar-refractivity contribution in [2.24, 2.45) is 0 Å². The molecule has 0 spiro atoms. The van der Waals surface area contributed by atoms with E-state index < -0.39 is 0 Å². The Kier molecular flexibility index (Phi) is 12.5. The predicted octanol–water partition coefficient (Wildman–Crippen LogP) is 5.82. The van der Waals surface area contributed by atoms with Gasteiger partial charge < -0.3 is 28.4 Å². The van der Waals surface area contributed by atoms with Gasteiger partial charge in [-0.15, -0.1) is 15.0 Å². The number of hydrogen-bond acceptors (Lipinski definition) is 9. The second-order valence-corrected chi connectivity index (χ2v) is 9.94. The maximum atomic E-state index is 5.90. The van der Waals surface area contributed by atoms with E-state index >= 15 is 0 Å². The molecule has 0 fully saturated rings. The van der Waals surface area contributed by atoms with Crippen LogP contribution in [0.15, 0.2) is 91.0 Å². The summed E-state index contributed by atoms with van der Waals surface area (Å²) < 4.78 is 35.3. The average Bonchev–Trinajstić information content (AvgIpc) is 3.04. The van der Waals surface area contributed by atoms with Crippen LogP contribution in [0.1, 0.15) is 37.5 Å². The van der Waals surface area contributed by atoms with Gasteiger partial charge in [0.2, 0.25) is 0 Å². The fourth-order valence-electron chi connectivity index (χ4n) is 3.67. The lowest BCUT2D eigenvalue weighted by Gasteiger charge is -2.17. The quantitative estimate of drug-likeness (QED) is 0.146. The lowest BCUT2D eigenvalue weighted by molar-refractivity contribution is 0.0118. The highest BCUT2D eigenvalue weighted by Gasteiger charge is 2.15. The summed E-state index contributed by atoms with van der Waals surface area (Å²) in [7, 11) is 0. The van der Waals surface area contributed by atoms with E-state index in [0.717, 1.165) is 16.7 Å². The molecule has 0 aliphatic heterocycles. The molecule has 0 aliphatic rings. The minimum absolute atomic E-state index is 0.0841. The van der Waals surface area contributed by atoms with E-state index in [9.17, 15) is 0 Å². The first kappa shape index (κ1) is 30.9. The van der Waals surface area contributed by atoms with Crippen molar-refractivity contribution < 1.29 is 28.4 Å². The van der Waals surface area contributed by atoms with Gasteiger partial charge in [-0.2, -0.15) is 0 Å². The van der Waals surface area contributed by atoms with Crippen LogP contribution in [0.2, 0.25) is 0 Å². The summed E-state index contributed by atoms with van der Waals surface area (Å²) in [5.74, 6) is 0. The normalized spacial score (nSPS) is 13.2. The van der Waals surface area contributed by atoms with Crippen molar-refractivity contribution in [3.05, 3.63) is 108 Å². The molecule has 0 amide bonds. The number of nitrogens with zero attached hydrogens (tertiary/aromatic N) is 3. The summed E-state index contributed by atoms with van der Waals surface area (Å²) in [4.78, 5) is 13.0. The van der Waals surface area contributed by atoms with Gasteiger partial charge in [-0.05, 0) is 37.5 Å². The molecular weight excluding hydrogens is 534 g/mol. The van der Waals surface area contributed by atoms with Crippen LogP contribution in [0, 0.1) is 0 Å². The molecule has 4 aromatic rings. The van der Waals surface area contributed by atoms with Gasteiger partial charge in [0.15, 0.2) is 0 Å². The highest BCUT2D eigenvalue weighted by Crippen LogP contribution is 2.17. The first-order valence-electron chi connectivity index (χ1n) is 14.1. The van der Waals surface area contributed by atoms with Crippen molar-refractivity contribution in [3.63, 3.8) is 0 Å². The monoisotopic (exact) mass is 573 g/mol. The van der Waals surface area contributed by atoms with Gasteiger partial charge >= 0.3 is 18.0 Å². The van der Waals surface area contributed by atoms with Crippen LogP contribution in [0.4, 0.5) is 0 Å². The molecular formula is C33H39N3O6. The van der Waals surface area contributed by atoms with E-state index in [1.165, 1.54) is 0 Å². The minimum atomic E-state index is -0.200. The molecule has 1 heterocycles. The lowest BCUT2D eigenvalue weighted by Crippen LogP contribution is -2.22. The second kappa shape index (κ2) is 17.0. The van der Waals surface area contributed by atoms with Gasteiger partial charge in [0.25, 0.3) is 0 Å². The van der Waals surface area contributed by atoms with Crippen LogP contribution < -0.4 is 14.2 Å². The zero-order valence-electron chi connectivity index (χ0n) is 24.4. The first-order chi connectivity index (χ1) is 20.5. The van der Waals surface area contributed by atoms with Gasteiger partial charge in [-0.25, -0.2) is 0 Å². The largest absolute Gasteiger partial charge is 0.460 e. The van der Waals surface area contributed by atoms with Gasteiger partial charge in [0.05, 0.1) is 38.1 Å². The van der Waals surface area contributed by atoms with Crippen LogP contribution in [-0.2, 0) is 34.0 Å². The zero-order valence-corrected chi connectivity index (χ0v) is 24.4. The number of benzene rings is 3. The van der Waals surface area contributed by atoms with E-state index in [4.69, 9.17) is 28.4 Å². The molecule has 3 aromatic carbocycles. The van der Waals surface area contributed by atoms with Crippen molar-refractivity contribution in [2.45, 2.75) is 58.9 Å². The molecule has 0 saturated heterocycles. The second-order valence-electron chi connectivity index (χ2n) is 9.94. The Morgan fingerprint density at radius 2 is 0.690 bits per heavy atom. The Hall–Kier alpha value is -4.05. The van der Waals surface area contributed by atoms with Gasteiger partial charge in [-0.3, -0.25) is 0 Å². The molecule has 9 heteroatoms. The van der Waals surface area contributed by atoms with E-state index in [2.05, 4.69) is 15.0 Å². The molecule has 4 rings (SSSR count). The standard InChI is InChI=1S/C33H39N3O6/c1-25(37-22-28-13-7-4-8-14-28)19-40-31-34-32(41-20-26(2)38-23-29-15-9-5-10-16-29)36-33(35-31)42-21-27(3)39-24-30-17-11-6-12-18-30/h4-18,25-27H,19-24H2,1-3H3. The van der Waals surface area contributed by atoms with Gasteiger partial charge in [0, 0.05) is 0 Å². The molecule has 0 aliphatic carbocycles. The van der Waals surface area contributed by atoms with E-state index in [0.29, 0.717) is 19.8 Å². The summed E-state index contributed by atoms with van der Waals surface area (Å²) in [6, 6.07) is 30.2. The third-order valence-corrected chi connectivity index (χ3v) is 6.05. The maximum Gasteiger partial charge on any atom is 0.325 e. The summed E-state index contributed by atoms with van der Waals surface area (Å²) >= 11 is 0. The Labute approximate surface area is 247 Å². The van der Waals surface area contributed by atoms with Crippen molar-refractivity contribution in [1.29, 1.82) is 0 Å². The molecule has 0 bridgehead atoms. The SMILES string of the molecule is CC(COc1nc(OCC(C)OCc2ccccc2)nc(OCC(C)OCc2ccccc2)n1)OCc1ccccc1. The molecule has 3 atom stereocenters. The fraction of sp³-hybridized carbons (Fsp3) is 0.364. The van der Waals surface area contributed by atoms with E-state index in [1.807, 2.05) is 112 Å².